The maximum absolute atomic E-state index is 4.28. The van der Waals surface area contributed by atoms with Crippen LogP contribution in [0.4, 0.5) is 0 Å². The van der Waals surface area contributed by atoms with Crippen LogP contribution in [0.3, 0.4) is 0 Å². The molecule has 78 valence electrons. The van der Waals surface area contributed by atoms with Crippen LogP contribution in [-0.2, 0) is 13.5 Å². The number of rotatable bonds is 2. The van der Waals surface area contributed by atoms with Gasteiger partial charge < -0.3 is 0 Å². The fourth-order valence-electron chi connectivity index (χ4n) is 1.42. The molecule has 0 unspecified atom stereocenters. The third kappa shape index (κ3) is 2.41. The molecule has 0 saturated heterocycles. The van der Waals surface area contributed by atoms with E-state index in [1.165, 1.54) is 5.56 Å². The lowest BCUT2D eigenvalue weighted by Crippen LogP contribution is -1.95. The zero-order valence-corrected chi connectivity index (χ0v) is 10.2. The summed E-state index contributed by atoms with van der Waals surface area (Å²) in [5.74, 6) is 0.814. The molecule has 0 amide bonds. The molecule has 0 atom stereocenters. The third-order valence-corrected chi connectivity index (χ3v) is 2.55. The molecule has 2 heterocycles. The van der Waals surface area contributed by atoms with E-state index in [9.17, 15) is 0 Å². The summed E-state index contributed by atoms with van der Waals surface area (Å²) in [6.07, 6.45) is 6.25. The van der Waals surface area contributed by atoms with Crippen molar-refractivity contribution in [1.29, 1.82) is 0 Å². The van der Waals surface area contributed by atoms with Gasteiger partial charge >= 0.3 is 0 Å². The summed E-state index contributed by atoms with van der Waals surface area (Å²) in [5, 5.41) is 4.28. The Bertz CT molecular complexity index is 461. The van der Waals surface area contributed by atoms with Crippen molar-refractivity contribution >= 4 is 15.9 Å². The molecule has 0 N–H and O–H groups in total. The first-order chi connectivity index (χ1) is 7.15. The maximum atomic E-state index is 4.28. The Morgan fingerprint density at radius 1 is 1.33 bits per heavy atom. The van der Waals surface area contributed by atoms with Crippen molar-refractivity contribution in [3.63, 3.8) is 0 Å². The van der Waals surface area contributed by atoms with E-state index in [2.05, 4.69) is 31.0 Å². The highest BCUT2D eigenvalue weighted by Crippen LogP contribution is 2.10. The van der Waals surface area contributed by atoms with E-state index in [1.807, 2.05) is 24.9 Å². The van der Waals surface area contributed by atoms with Crippen molar-refractivity contribution in [2.75, 3.05) is 0 Å². The van der Waals surface area contributed by atoms with Crippen molar-refractivity contribution in [2.45, 2.75) is 13.3 Å². The van der Waals surface area contributed by atoms with Crippen molar-refractivity contribution in [1.82, 2.24) is 19.7 Å². The van der Waals surface area contributed by atoms with Crippen molar-refractivity contribution in [3.8, 4) is 0 Å². The van der Waals surface area contributed by atoms with E-state index in [0.717, 1.165) is 22.4 Å². The highest BCUT2D eigenvalue weighted by Gasteiger charge is 2.05. The van der Waals surface area contributed by atoms with Crippen LogP contribution in [0.25, 0.3) is 0 Å². The van der Waals surface area contributed by atoms with Crippen molar-refractivity contribution in [3.05, 3.63) is 40.1 Å². The summed E-state index contributed by atoms with van der Waals surface area (Å²) in [7, 11) is 1.92. The molecule has 0 bridgehead atoms. The van der Waals surface area contributed by atoms with E-state index in [0.29, 0.717) is 0 Å². The van der Waals surface area contributed by atoms with Crippen LogP contribution in [0.1, 0.15) is 17.1 Å². The largest absolute Gasteiger partial charge is 0.275 e. The molecule has 0 saturated carbocycles. The van der Waals surface area contributed by atoms with Gasteiger partial charge in [0.05, 0.1) is 10.2 Å². The Morgan fingerprint density at radius 2 is 2.00 bits per heavy atom. The van der Waals surface area contributed by atoms with Crippen molar-refractivity contribution < 1.29 is 0 Å². The summed E-state index contributed by atoms with van der Waals surface area (Å²) in [4.78, 5) is 8.46. The van der Waals surface area contributed by atoms with Gasteiger partial charge in [-0.2, -0.15) is 5.10 Å². The minimum atomic E-state index is 0.729. The quantitative estimate of drug-likeness (QED) is 0.834. The molecular formula is C10H11BrN4. The number of nitrogens with zero attached hydrogens (tertiary/aromatic N) is 4. The second-order valence-corrected chi connectivity index (χ2v) is 4.32. The Morgan fingerprint density at radius 3 is 2.53 bits per heavy atom. The van der Waals surface area contributed by atoms with Gasteiger partial charge in [0.1, 0.15) is 5.82 Å². The van der Waals surface area contributed by atoms with Gasteiger partial charge in [-0.3, -0.25) is 4.68 Å². The molecular weight excluding hydrogens is 256 g/mol. The smallest absolute Gasteiger partial charge is 0.132 e. The van der Waals surface area contributed by atoms with Gasteiger partial charge in [0, 0.05) is 37.6 Å². The topological polar surface area (TPSA) is 43.6 Å². The second-order valence-electron chi connectivity index (χ2n) is 3.41. The lowest BCUT2D eigenvalue weighted by molar-refractivity contribution is 0.756. The highest BCUT2D eigenvalue weighted by molar-refractivity contribution is 9.10. The average Bonchev–Trinajstić information content (AvgIpc) is 2.49. The molecule has 0 radical (unpaired) electrons. The van der Waals surface area contributed by atoms with Crippen LogP contribution in [0.5, 0.6) is 0 Å². The summed E-state index contributed by atoms with van der Waals surface area (Å²) in [5.41, 5.74) is 2.20. The van der Waals surface area contributed by atoms with E-state index in [-0.39, 0.29) is 0 Å². The molecule has 2 aromatic rings. The lowest BCUT2D eigenvalue weighted by Gasteiger charge is -1.97. The van der Waals surface area contributed by atoms with Gasteiger partial charge in [-0.15, -0.1) is 0 Å². The van der Waals surface area contributed by atoms with E-state index >= 15 is 0 Å². The van der Waals surface area contributed by atoms with Crippen LogP contribution >= 0.6 is 15.9 Å². The van der Waals surface area contributed by atoms with Crippen LogP contribution < -0.4 is 0 Å². The predicted octanol–water partition coefficient (Wildman–Crippen LogP) is 1.87. The average molecular weight is 267 g/mol. The molecule has 2 aromatic heterocycles. The number of aromatic nitrogens is 4. The lowest BCUT2D eigenvalue weighted by atomic mass is 10.2. The fraction of sp³-hybridized carbons (Fsp3) is 0.300. The standard InChI is InChI=1S/C10H11BrN4/c1-7-8(6-15(2)14-7)3-10-12-4-9(11)5-13-10/h4-6H,3H2,1-2H3. The molecule has 0 fully saturated rings. The molecule has 15 heavy (non-hydrogen) atoms. The number of halogens is 1. The molecule has 0 spiro atoms. The van der Waals surface area contributed by atoms with Crippen molar-refractivity contribution in [2.24, 2.45) is 7.05 Å². The summed E-state index contributed by atoms with van der Waals surface area (Å²) in [6, 6.07) is 0. The van der Waals surface area contributed by atoms with Crippen LogP contribution in [0, 0.1) is 6.92 Å². The Balaban J connectivity index is 2.21. The molecule has 0 aliphatic rings. The van der Waals surface area contributed by atoms with Gasteiger partial charge in [-0.1, -0.05) is 0 Å². The molecule has 2 rings (SSSR count). The second kappa shape index (κ2) is 4.10. The van der Waals surface area contributed by atoms with E-state index in [4.69, 9.17) is 0 Å². The first kappa shape index (κ1) is 10.3. The van der Waals surface area contributed by atoms with Gasteiger partial charge in [-0.25, -0.2) is 9.97 Å². The first-order valence-corrected chi connectivity index (χ1v) is 5.40. The number of hydrogen-bond donors (Lipinski definition) is 0. The fourth-order valence-corrected chi connectivity index (χ4v) is 1.63. The Labute approximate surface area is 96.5 Å². The normalized spacial score (nSPS) is 10.6. The monoisotopic (exact) mass is 266 g/mol. The predicted molar refractivity (Wildman–Crippen MR) is 60.5 cm³/mol. The van der Waals surface area contributed by atoms with E-state index in [1.54, 1.807) is 12.4 Å². The molecule has 4 nitrogen and oxygen atoms in total. The van der Waals surface area contributed by atoms with Gasteiger partial charge in [-0.05, 0) is 22.9 Å². The van der Waals surface area contributed by atoms with E-state index < -0.39 is 0 Å². The summed E-state index contributed by atoms with van der Waals surface area (Å²) < 4.78 is 2.71. The molecule has 0 aromatic carbocycles. The third-order valence-electron chi connectivity index (χ3n) is 2.14. The summed E-state index contributed by atoms with van der Waals surface area (Å²) in [6.45, 7) is 1.99. The van der Waals surface area contributed by atoms with Gasteiger partial charge in [0.2, 0.25) is 0 Å². The number of aryl methyl sites for hydroxylation is 2. The molecule has 0 aliphatic heterocycles. The van der Waals surface area contributed by atoms with Crippen LogP contribution in [0.2, 0.25) is 0 Å². The number of hydrogen-bond acceptors (Lipinski definition) is 3. The highest BCUT2D eigenvalue weighted by atomic mass is 79.9. The van der Waals surface area contributed by atoms with Crippen LogP contribution in [-0.4, -0.2) is 19.7 Å². The van der Waals surface area contributed by atoms with Gasteiger partial charge in [0.25, 0.3) is 0 Å². The zero-order chi connectivity index (χ0) is 10.8. The zero-order valence-electron chi connectivity index (χ0n) is 8.61. The summed E-state index contributed by atoms with van der Waals surface area (Å²) >= 11 is 3.31. The molecule has 5 heteroatoms. The Kier molecular flexibility index (Phi) is 2.81. The first-order valence-electron chi connectivity index (χ1n) is 4.60. The van der Waals surface area contributed by atoms with Crippen LogP contribution in [0.15, 0.2) is 23.1 Å². The Hall–Kier alpha value is -1.23. The maximum Gasteiger partial charge on any atom is 0.132 e. The molecule has 0 aliphatic carbocycles. The minimum absolute atomic E-state index is 0.729. The SMILES string of the molecule is Cc1nn(C)cc1Cc1ncc(Br)cn1. The minimum Gasteiger partial charge on any atom is -0.275 e. The van der Waals surface area contributed by atoms with Gasteiger partial charge in [0.15, 0.2) is 0 Å².